The first-order valence-electron chi connectivity index (χ1n) is 8.58. The summed E-state index contributed by atoms with van der Waals surface area (Å²) >= 11 is 1.00. The Balaban J connectivity index is 1.94. The summed E-state index contributed by atoms with van der Waals surface area (Å²) in [5.41, 5.74) is 0.652. The quantitative estimate of drug-likeness (QED) is 0.790. The number of morpholine rings is 1. The van der Waals surface area contributed by atoms with Gasteiger partial charge in [0.2, 0.25) is 0 Å². The van der Waals surface area contributed by atoms with Crippen LogP contribution in [0.3, 0.4) is 0 Å². The third-order valence-electron chi connectivity index (χ3n) is 4.34. The first kappa shape index (κ1) is 20.0. The maximum Gasteiger partial charge on any atom is 0.341 e. The van der Waals surface area contributed by atoms with Crippen molar-refractivity contribution in [1.82, 2.24) is 4.90 Å². The van der Waals surface area contributed by atoms with Crippen LogP contribution in [0.1, 0.15) is 36.0 Å². The van der Waals surface area contributed by atoms with Crippen molar-refractivity contribution in [3.05, 3.63) is 51.7 Å². The number of carbonyl (C=O) groups is 3. The number of benzene rings is 1. The Bertz CT molecular complexity index is 921. The van der Waals surface area contributed by atoms with E-state index in [1.54, 1.807) is 11.8 Å². The number of ether oxygens (including phenoxy) is 2. The molecule has 1 aromatic heterocycles. The molecule has 3 rings (SSSR count). The van der Waals surface area contributed by atoms with E-state index in [2.05, 4.69) is 5.32 Å². The SMILES string of the molecule is COC(=O)c1c(NC(=O)c2cccc(F)c2)sc(C(=O)N2CCOCC2)c1C. The van der Waals surface area contributed by atoms with E-state index >= 15 is 0 Å². The van der Waals surface area contributed by atoms with Crippen molar-refractivity contribution in [1.29, 1.82) is 0 Å². The molecule has 0 spiro atoms. The standard InChI is InChI=1S/C19H19FN2O5S/c1-11-14(19(25)26-2)17(21-16(23)12-4-3-5-13(20)10-12)28-15(11)18(24)22-6-8-27-9-7-22/h3-5,10H,6-9H2,1-2H3,(H,21,23). The molecule has 0 atom stereocenters. The Labute approximate surface area is 165 Å². The number of nitrogens with zero attached hydrogens (tertiary/aromatic N) is 1. The van der Waals surface area contributed by atoms with Crippen molar-refractivity contribution in [3.63, 3.8) is 0 Å². The van der Waals surface area contributed by atoms with E-state index in [0.717, 1.165) is 17.4 Å². The molecule has 2 amide bonds. The Morgan fingerprint density at radius 3 is 2.61 bits per heavy atom. The molecule has 1 aliphatic rings. The number of esters is 1. The second-order valence-electron chi connectivity index (χ2n) is 6.12. The third kappa shape index (κ3) is 4.05. The second-order valence-corrected chi connectivity index (χ2v) is 7.14. The minimum Gasteiger partial charge on any atom is -0.465 e. The average Bonchev–Trinajstić information content (AvgIpc) is 3.03. The summed E-state index contributed by atoms with van der Waals surface area (Å²) in [5.74, 6) is -2.03. The average molecular weight is 406 g/mol. The molecule has 0 radical (unpaired) electrons. The normalized spacial score (nSPS) is 13.9. The van der Waals surface area contributed by atoms with E-state index in [0.29, 0.717) is 36.7 Å². The Morgan fingerprint density at radius 1 is 1.25 bits per heavy atom. The molecule has 0 saturated carbocycles. The highest BCUT2D eigenvalue weighted by atomic mass is 32.1. The number of halogens is 1. The fraction of sp³-hybridized carbons (Fsp3) is 0.316. The van der Waals surface area contributed by atoms with Gasteiger partial charge in [-0.15, -0.1) is 11.3 Å². The topological polar surface area (TPSA) is 84.9 Å². The zero-order valence-corrected chi connectivity index (χ0v) is 16.2. The minimum absolute atomic E-state index is 0.0999. The van der Waals surface area contributed by atoms with Crippen molar-refractivity contribution in [2.45, 2.75) is 6.92 Å². The molecule has 28 heavy (non-hydrogen) atoms. The van der Waals surface area contributed by atoms with Crippen LogP contribution in [0.15, 0.2) is 24.3 Å². The van der Waals surface area contributed by atoms with Gasteiger partial charge < -0.3 is 19.7 Å². The van der Waals surface area contributed by atoms with Crippen LogP contribution in [0.2, 0.25) is 0 Å². The molecule has 0 bridgehead atoms. The van der Waals surface area contributed by atoms with E-state index in [1.165, 1.54) is 25.3 Å². The van der Waals surface area contributed by atoms with Gasteiger partial charge in [-0.25, -0.2) is 9.18 Å². The van der Waals surface area contributed by atoms with Gasteiger partial charge in [0, 0.05) is 18.7 Å². The molecular formula is C19H19FN2O5S. The van der Waals surface area contributed by atoms with Gasteiger partial charge in [0.05, 0.1) is 30.8 Å². The Hall–Kier alpha value is -2.78. The number of nitrogens with one attached hydrogen (secondary N) is 1. The van der Waals surface area contributed by atoms with E-state index in [9.17, 15) is 18.8 Å². The first-order chi connectivity index (χ1) is 13.4. The molecule has 1 N–H and O–H groups in total. The highest BCUT2D eigenvalue weighted by Gasteiger charge is 2.29. The number of hydrogen-bond donors (Lipinski definition) is 1. The fourth-order valence-corrected chi connectivity index (χ4v) is 4.03. The van der Waals surface area contributed by atoms with Gasteiger partial charge in [0.1, 0.15) is 10.8 Å². The van der Waals surface area contributed by atoms with Crippen LogP contribution in [0.25, 0.3) is 0 Å². The van der Waals surface area contributed by atoms with Gasteiger partial charge in [0.25, 0.3) is 11.8 Å². The number of carbonyl (C=O) groups excluding carboxylic acids is 3. The fourth-order valence-electron chi connectivity index (χ4n) is 2.87. The molecule has 9 heteroatoms. The van der Waals surface area contributed by atoms with Crippen molar-refractivity contribution in [2.24, 2.45) is 0 Å². The van der Waals surface area contributed by atoms with Crippen molar-refractivity contribution in [2.75, 3.05) is 38.7 Å². The summed E-state index contributed by atoms with van der Waals surface area (Å²) in [4.78, 5) is 39.6. The van der Waals surface area contributed by atoms with Gasteiger partial charge >= 0.3 is 5.97 Å². The number of rotatable bonds is 4. The summed E-state index contributed by atoms with van der Waals surface area (Å²) in [6, 6.07) is 5.19. The molecular weight excluding hydrogens is 387 g/mol. The van der Waals surface area contributed by atoms with Gasteiger partial charge in [-0.1, -0.05) is 6.07 Å². The predicted molar refractivity (Wildman–Crippen MR) is 101 cm³/mol. The van der Waals surface area contributed by atoms with Crippen LogP contribution in [-0.4, -0.2) is 56.1 Å². The van der Waals surface area contributed by atoms with Gasteiger partial charge in [-0.05, 0) is 30.7 Å². The van der Waals surface area contributed by atoms with E-state index in [4.69, 9.17) is 9.47 Å². The smallest absolute Gasteiger partial charge is 0.341 e. The summed E-state index contributed by atoms with van der Waals surface area (Å²) in [6.45, 7) is 3.43. The summed E-state index contributed by atoms with van der Waals surface area (Å²) in [6.07, 6.45) is 0. The third-order valence-corrected chi connectivity index (χ3v) is 5.54. The number of anilines is 1. The molecule has 1 fully saturated rings. The van der Waals surface area contributed by atoms with Crippen molar-refractivity contribution in [3.8, 4) is 0 Å². The molecule has 2 heterocycles. The Morgan fingerprint density at radius 2 is 1.96 bits per heavy atom. The van der Waals surface area contributed by atoms with Crippen LogP contribution in [-0.2, 0) is 9.47 Å². The Kier molecular flexibility index (Phi) is 6.05. The van der Waals surface area contributed by atoms with Crippen LogP contribution in [0.4, 0.5) is 9.39 Å². The molecule has 1 aromatic carbocycles. The van der Waals surface area contributed by atoms with E-state index in [1.807, 2.05) is 0 Å². The number of hydrogen-bond acceptors (Lipinski definition) is 6. The van der Waals surface area contributed by atoms with Crippen molar-refractivity contribution < 1.29 is 28.2 Å². The largest absolute Gasteiger partial charge is 0.465 e. The van der Waals surface area contributed by atoms with Crippen molar-refractivity contribution >= 4 is 34.1 Å². The maximum atomic E-state index is 13.4. The lowest BCUT2D eigenvalue weighted by Gasteiger charge is -2.26. The highest BCUT2D eigenvalue weighted by Crippen LogP contribution is 2.35. The summed E-state index contributed by atoms with van der Waals surface area (Å²) in [7, 11) is 1.22. The lowest BCUT2D eigenvalue weighted by molar-refractivity contribution is 0.0305. The van der Waals surface area contributed by atoms with Crippen LogP contribution < -0.4 is 5.32 Å². The number of thiophene rings is 1. The predicted octanol–water partition coefficient (Wildman–Crippen LogP) is 2.71. The monoisotopic (exact) mass is 406 g/mol. The lowest BCUT2D eigenvalue weighted by Crippen LogP contribution is -2.40. The first-order valence-corrected chi connectivity index (χ1v) is 9.39. The zero-order valence-electron chi connectivity index (χ0n) is 15.4. The van der Waals surface area contributed by atoms with Gasteiger partial charge in [0.15, 0.2) is 0 Å². The van der Waals surface area contributed by atoms with E-state index < -0.39 is 17.7 Å². The van der Waals surface area contributed by atoms with Crippen LogP contribution in [0.5, 0.6) is 0 Å². The summed E-state index contributed by atoms with van der Waals surface area (Å²) < 4.78 is 23.5. The minimum atomic E-state index is -0.663. The summed E-state index contributed by atoms with van der Waals surface area (Å²) in [5, 5.41) is 2.79. The molecule has 148 valence electrons. The van der Waals surface area contributed by atoms with Crippen LogP contribution in [0, 0.1) is 12.7 Å². The highest BCUT2D eigenvalue weighted by molar-refractivity contribution is 7.18. The molecule has 1 saturated heterocycles. The second kappa shape index (κ2) is 8.49. The molecule has 7 nitrogen and oxygen atoms in total. The van der Waals surface area contributed by atoms with E-state index in [-0.39, 0.29) is 22.0 Å². The lowest BCUT2D eigenvalue weighted by atomic mass is 10.1. The van der Waals surface area contributed by atoms with Crippen LogP contribution >= 0.6 is 11.3 Å². The maximum absolute atomic E-state index is 13.4. The molecule has 0 aliphatic carbocycles. The van der Waals surface area contributed by atoms with Gasteiger partial charge in [-0.3, -0.25) is 9.59 Å². The zero-order chi connectivity index (χ0) is 20.3. The number of methoxy groups -OCH3 is 1. The molecule has 1 aliphatic heterocycles. The molecule has 2 aromatic rings. The number of amides is 2. The molecule has 0 unspecified atom stereocenters. The van der Waals surface area contributed by atoms with Gasteiger partial charge in [-0.2, -0.15) is 0 Å².